The molecule has 18 heavy (non-hydrogen) atoms. The first-order valence-electron chi connectivity index (χ1n) is 5.97. The first kappa shape index (κ1) is 15.6. The average Bonchev–Trinajstić information content (AvgIpc) is 2.81. The van der Waals surface area contributed by atoms with Crippen molar-refractivity contribution in [1.29, 1.82) is 0 Å². The van der Waals surface area contributed by atoms with E-state index >= 15 is 0 Å². The van der Waals surface area contributed by atoms with Gasteiger partial charge in [-0.05, 0) is 25.6 Å². The van der Waals surface area contributed by atoms with Crippen LogP contribution in [0.2, 0.25) is 0 Å². The Morgan fingerprint density at radius 2 is 2.11 bits per heavy atom. The third-order valence-corrected chi connectivity index (χ3v) is 5.23. The highest BCUT2D eigenvalue weighted by Gasteiger charge is 2.15. The van der Waals surface area contributed by atoms with Gasteiger partial charge in [-0.2, -0.15) is 0 Å². The van der Waals surface area contributed by atoms with Crippen molar-refractivity contribution in [1.82, 2.24) is 10.0 Å². The SMILES string of the molecule is CCNCc1ccc(S(=O)(=O)NCCOCC)s1. The van der Waals surface area contributed by atoms with Gasteiger partial charge in [-0.1, -0.05) is 6.92 Å². The van der Waals surface area contributed by atoms with Crippen LogP contribution in [0.25, 0.3) is 0 Å². The molecule has 0 saturated carbocycles. The zero-order valence-electron chi connectivity index (χ0n) is 10.7. The molecule has 0 aliphatic carbocycles. The van der Waals surface area contributed by atoms with Gasteiger partial charge in [0, 0.05) is 24.6 Å². The van der Waals surface area contributed by atoms with Crippen molar-refractivity contribution in [3.8, 4) is 0 Å². The zero-order valence-corrected chi connectivity index (χ0v) is 12.4. The van der Waals surface area contributed by atoms with Crippen molar-refractivity contribution in [3.63, 3.8) is 0 Å². The molecule has 1 rings (SSSR count). The Labute approximate surface area is 113 Å². The van der Waals surface area contributed by atoms with Crippen molar-refractivity contribution in [3.05, 3.63) is 17.0 Å². The van der Waals surface area contributed by atoms with Gasteiger partial charge in [0.25, 0.3) is 0 Å². The lowest BCUT2D eigenvalue weighted by Crippen LogP contribution is -2.26. The highest BCUT2D eigenvalue weighted by atomic mass is 32.2. The van der Waals surface area contributed by atoms with E-state index in [1.807, 2.05) is 19.9 Å². The topological polar surface area (TPSA) is 67.4 Å². The summed E-state index contributed by atoms with van der Waals surface area (Å²) in [5, 5.41) is 3.16. The maximum atomic E-state index is 11.9. The smallest absolute Gasteiger partial charge is 0.250 e. The van der Waals surface area contributed by atoms with Crippen molar-refractivity contribution in [2.75, 3.05) is 26.3 Å². The predicted octanol–water partition coefficient (Wildman–Crippen LogP) is 1.17. The third-order valence-electron chi connectivity index (χ3n) is 2.19. The van der Waals surface area contributed by atoms with E-state index in [9.17, 15) is 8.42 Å². The second-order valence-electron chi connectivity index (χ2n) is 3.60. The van der Waals surface area contributed by atoms with Crippen LogP contribution >= 0.6 is 11.3 Å². The molecule has 5 nitrogen and oxygen atoms in total. The van der Waals surface area contributed by atoms with Gasteiger partial charge in [0.15, 0.2) is 0 Å². The standard InChI is InChI=1S/C11H20N2O3S2/c1-3-12-9-10-5-6-11(17-10)18(14,15)13-7-8-16-4-2/h5-6,12-13H,3-4,7-9H2,1-2H3. The highest BCUT2D eigenvalue weighted by molar-refractivity contribution is 7.91. The molecule has 0 aliphatic rings. The van der Waals surface area contributed by atoms with E-state index in [0.717, 1.165) is 11.4 Å². The van der Waals surface area contributed by atoms with E-state index in [-0.39, 0.29) is 0 Å². The van der Waals surface area contributed by atoms with Crippen LogP contribution in [0.4, 0.5) is 0 Å². The fourth-order valence-corrected chi connectivity index (χ4v) is 3.69. The average molecular weight is 292 g/mol. The molecule has 0 spiro atoms. The molecule has 0 bridgehead atoms. The number of ether oxygens (including phenoxy) is 1. The van der Waals surface area contributed by atoms with E-state index in [1.165, 1.54) is 11.3 Å². The molecule has 104 valence electrons. The van der Waals surface area contributed by atoms with Crippen molar-refractivity contribution in [2.24, 2.45) is 0 Å². The lowest BCUT2D eigenvalue weighted by molar-refractivity contribution is 0.153. The van der Waals surface area contributed by atoms with Crippen molar-refractivity contribution < 1.29 is 13.2 Å². The van der Waals surface area contributed by atoms with Gasteiger partial charge in [0.1, 0.15) is 4.21 Å². The first-order valence-corrected chi connectivity index (χ1v) is 8.27. The highest BCUT2D eigenvalue weighted by Crippen LogP contribution is 2.21. The summed E-state index contributed by atoms with van der Waals surface area (Å²) >= 11 is 1.29. The maximum Gasteiger partial charge on any atom is 0.250 e. The van der Waals surface area contributed by atoms with E-state index in [0.29, 0.717) is 30.5 Å². The number of hydrogen-bond donors (Lipinski definition) is 2. The minimum Gasteiger partial charge on any atom is -0.380 e. The molecule has 0 atom stereocenters. The molecule has 0 unspecified atom stereocenters. The second-order valence-corrected chi connectivity index (χ2v) is 6.76. The molecular weight excluding hydrogens is 272 g/mol. The third kappa shape index (κ3) is 5.03. The van der Waals surface area contributed by atoms with Gasteiger partial charge >= 0.3 is 0 Å². The van der Waals surface area contributed by atoms with E-state index in [2.05, 4.69) is 10.0 Å². The molecule has 0 saturated heterocycles. The first-order chi connectivity index (χ1) is 8.60. The summed E-state index contributed by atoms with van der Waals surface area (Å²) in [5.41, 5.74) is 0. The summed E-state index contributed by atoms with van der Waals surface area (Å²) < 4.78 is 31.8. The second kappa shape index (κ2) is 7.85. The summed E-state index contributed by atoms with van der Waals surface area (Å²) in [7, 11) is -3.38. The summed E-state index contributed by atoms with van der Waals surface area (Å²) in [4.78, 5) is 1.02. The normalized spacial score (nSPS) is 11.9. The fourth-order valence-electron chi connectivity index (χ4n) is 1.31. The maximum absolute atomic E-state index is 11.9. The van der Waals surface area contributed by atoms with Crippen LogP contribution in [0.1, 0.15) is 18.7 Å². The lowest BCUT2D eigenvalue weighted by Gasteiger charge is -2.04. The molecule has 1 aromatic rings. The van der Waals surface area contributed by atoms with Crippen LogP contribution in [-0.4, -0.2) is 34.7 Å². The molecule has 0 fully saturated rings. The van der Waals surface area contributed by atoms with Gasteiger partial charge in [0.05, 0.1) is 6.61 Å². The van der Waals surface area contributed by atoms with Crippen LogP contribution in [0.5, 0.6) is 0 Å². The van der Waals surface area contributed by atoms with Crippen LogP contribution in [0.15, 0.2) is 16.3 Å². The molecule has 1 heterocycles. The van der Waals surface area contributed by atoms with Crippen molar-refractivity contribution >= 4 is 21.4 Å². The molecule has 0 aromatic carbocycles. The summed E-state index contributed by atoms with van der Waals surface area (Å²) in [6.07, 6.45) is 0. The Morgan fingerprint density at radius 3 is 2.78 bits per heavy atom. The Hall–Kier alpha value is -0.470. The molecular formula is C11H20N2O3S2. The molecule has 1 aromatic heterocycles. The molecule has 0 radical (unpaired) electrons. The summed E-state index contributed by atoms with van der Waals surface area (Å²) in [6.45, 7) is 6.75. The Bertz CT molecular complexity index is 443. The van der Waals surface area contributed by atoms with Gasteiger partial charge < -0.3 is 10.1 Å². The number of rotatable bonds is 9. The van der Waals surface area contributed by atoms with Gasteiger partial charge in [-0.25, -0.2) is 13.1 Å². The number of hydrogen-bond acceptors (Lipinski definition) is 5. The zero-order chi connectivity index (χ0) is 13.4. The Balaban J connectivity index is 2.53. The van der Waals surface area contributed by atoms with Crippen LogP contribution < -0.4 is 10.0 Å². The van der Waals surface area contributed by atoms with Crippen LogP contribution in [-0.2, 0) is 21.3 Å². The largest absolute Gasteiger partial charge is 0.380 e. The summed E-state index contributed by atoms with van der Waals surface area (Å²) in [5.74, 6) is 0. The Morgan fingerprint density at radius 1 is 1.33 bits per heavy atom. The lowest BCUT2D eigenvalue weighted by atomic mass is 10.4. The van der Waals surface area contributed by atoms with E-state index in [1.54, 1.807) is 6.07 Å². The molecule has 0 aliphatic heterocycles. The van der Waals surface area contributed by atoms with E-state index < -0.39 is 10.0 Å². The van der Waals surface area contributed by atoms with E-state index in [4.69, 9.17) is 4.74 Å². The fraction of sp³-hybridized carbons (Fsp3) is 0.636. The number of thiophene rings is 1. The van der Waals surface area contributed by atoms with Gasteiger partial charge in [0.2, 0.25) is 10.0 Å². The molecule has 0 amide bonds. The number of nitrogens with one attached hydrogen (secondary N) is 2. The van der Waals surface area contributed by atoms with Crippen molar-refractivity contribution in [2.45, 2.75) is 24.6 Å². The predicted molar refractivity (Wildman–Crippen MR) is 73.4 cm³/mol. The minimum atomic E-state index is -3.38. The quantitative estimate of drug-likeness (QED) is 0.671. The summed E-state index contributed by atoms with van der Waals surface area (Å²) in [6, 6.07) is 3.48. The van der Waals surface area contributed by atoms with Gasteiger partial charge in [-0.15, -0.1) is 11.3 Å². The number of sulfonamides is 1. The van der Waals surface area contributed by atoms with Gasteiger partial charge in [-0.3, -0.25) is 0 Å². The van der Waals surface area contributed by atoms with Crippen LogP contribution in [0, 0.1) is 0 Å². The molecule has 2 N–H and O–H groups in total. The van der Waals surface area contributed by atoms with Crippen LogP contribution in [0.3, 0.4) is 0 Å². The Kier molecular flexibility index (Phi) is 6.80. The monoisotopic (exact) mass is 292 g/mol. The molecule has 7 heteroatoms. The minimum absolute atomic E-state index is 0.302.